The van der Waals surface area contributed by atoms with Crippen LogP contribution in [0.25, 0.3) is 0 Å². The number of hydrogen-bond donors (Lipinski definition) is 1. The summed E-state index contributed by atoms with van der Waals surface area (Å²) < 4.78 is 5.05. The van der Waals surface area contributed by atoms with Crippen molar-refractivity contribution in [3.8, 4) is 0 Å². The zero-order valence-electron chi connectivity index (χ0n) is 6.05. The van der Waals surface area contributed by atoms with E-state index in [-0.39, 0.29) is 12.0 Å². The van der Waals surface area contributed by atoms with E-state index in [0.29, 0.717) is 5.92 Å². The maximum absolute atomic E-state index is 8.78. The molecule has 0 bridgehead atoms. The molecule has 2 nitrogen and oxygen atoms in total. The van der Waals surface area contributed by atoms with Crippen LogP contribution in [0.15, 0.2) is 0 Å². The van der Waals surface area contributed by atoms with Crippen LogP contribution in [0, 0.1) is 11.3 Å². The highest BCUT2D eigenvalue weighted by Crippen LogP contribution is 2.34. The summed E-state index contributed by atoms with van der Waals surface area (Å²) in [6.45, 7) is 6.11. The Hall–Kier alpha value is -0.0800. The highest BCUT2D eigenvalue weighted by Gasteiger charge is 2.38. The summed E-state index contributed by atoms with van der Waals surface area (Å²) in [7, 11) is 0. The number of rotatable bonds is 2. The molecule has 1 atom stereocenters. The number of ether oxygens (including phenoxy) is 1. The summed E-state index contributed by atoms with van der Waals surface area (Å²) in [5.74, 6) is 0.381. The molecule has 1 rings (SSSR count). The molecule has 0 unspecified atom stereocenters. The second-order valence-electron chi connectivity index (χ2n) is 3.23. The van der Waals surface area contributed by atoms with Crippen LogP contribution in [0.1, 0.15) is 13.8 Å². The lowest BCUT2D eigenvalue weighted by Gasteiger charge is -2.42. The molecular formula is C7H14O2. The van der Waals surface area contributed by atoms with Gasteiger partial charge < -0.3 is 9.84 Å². The van der Waals surface area contributed by atoms with E-state index in [1.54, 1.807) is 0 Å². The molecule has 0 saturated carbocycles. The first-order chi connectivity index (χ1) is 4.19. The maximum atomic E-state index is 8.78. The van der Waals surface area contributed by atoms with E-state index in [4.69, 9.17) is 9.84 Å². The van der Waals surface area contributed by atoms with Crippen molar-refractivity contribution in [2.24, 2.45) is 11.3 Å². The van der Waals surface area contributed by atoms with Gasteiger partial charge in [-0.2, -0.15) is 0 Å². The zero-order chi connectivity index (χ0) is 6.91. The zero-order valence-corrected chi connectivity index (χ0v) is 6.05. The summed E-state index contributed by atoms with van der Waals surface area (Å²) in [5.41, 5.74) is 0.259. The third-order valence-electron chi connectivity index (χ3n) is 2.33. The first kappa shape index (κ1) is 7.03. The van der Waals surface area contributed by atoms with Gasteiger partial charge in [-0.1, -0.05) is 13.8 Å². The van der Waals surface area contributed by atoms with Gasteiger partial charge in [-0.3, -0.25) is 0 Å². The monoisotopic (exact) mass is 130 g/mol. The highest BCUT2D eigenvalue weighted by molar-refractivity contribution is 4.85. The fourth-order valence-corrected chi connectivity index (χ4v) is 0.929. The first-order valence-electron chi connectivity index (χ1n) is 3.37. The van der Waals surface area contributed by atoms with E-state index in [1.807, 2.05) is 0 Å². The molecule has 0 aromatic heterocycles. The van der Waals surface area contributed by atoms with Gasteiger partial charge in [-0.15, -0.1) is 0 Å². The Bertz CT molecular complexity index is 97.1. The standard InChI is InChI=1S/C7H14O2/c1-6(3-8)7(2)4-9-5-7/h6,8H,3-5H2,1-2H3/t6-/m0/s1. The molecule has 9 heavy (non-hydrogen) atoms. The van der Waals surface area contributed by atoms with Gasteiger partial charge in [-0.05, 0) is 5.92 Å². The summed E-state index contributed by atoms with van der Waals surface area (Å²) in [6, 6.07) is 0. The van der Waals surface area contributed by atoms with Crippen molar-refractivity contribution in [1.29, 1.82) is 0 Å². The van der Waals surface area contributed by atoms with E-state index >= 15 is 0 Å². The van der Waals surface area contributed by atoms with Crippen LogP contribution in [-0.2, 0) is 4.74 Å². The molecule has 1 fully saturated rings. The molecule has 1 N–H and O–H groups in total. The van der Waals surface area contributed by atoms with E-state index < -0.39 is 0 Å². The van der Waals surface area contributed by atoms with Crippen LogP contribution in [0.5, 0.6) is 0 Å². The molecule has 54 valence electrons. The van der Waals surface area contributed by atoms with Crippen LogP contribution >= 0.6 is 0 Å². The van der Waals surface area contributed by atoms with Gasteiger partial charge in [0.1, 0.15) is 0 Å². The minimum absolute atomic E-state index is 0.259. The molecule has 0 aliphatic carbocycles. The highest BCUT2D eigenvalue weighted by atomic mass is 16.5. The number of hydrogen-bond acceptors (Lipinski definition) is 2. The maximum Gasteiger partial charge on any atom is 0.0545 e. The second kappa shape index (κ2) is 2.27. The molecule has 1 saturated heterocycles. The summed E-state index contributed by atoms with van der Waals surface area (Å²) in [5, 5.41) is 8.78. The largest absolute Gasteiger partial charge is 0.396 e. The summed E-state index contributed by atoms with van der Waals surface area (Å²) in [4.78, 5) is 0. The molecule has 0 aromatic carbocycles. The summed E-state index contributed by atoms with van der Waals surface area (Å²) >= 11 is 0. The van der Waals surface area contributed by atoms with Crippen LogP contribution in [-0.4, -0.2) is 24.9 Å². The average molecular weight is 130 g/mol. The lowest BCUT2D eigenvalue weighted by Crippen LogP contribution is -2.46. The quantitative estimate of drug-likeness (QED) is 0.594. The molecule has 0 amide bonds. The van der Waals surface area contributed by atoms with Crippen molar-refractivity contribution in [3.05, 3.63) is 0 Å². The van der Waals surface area contributed by atoms with Crippen LogP contribution < -0.4 is 0 Å². The Balaban J connectivity index is 2.38. The number of aliphatic hydroxyl groups is 1. The smallest absolute Gasteiger partial charge is 0.0545 e. The molecule has 1 heterocycles. The Morgan fingerprint density at radius 2 is 2.22 bits per heavy atom. The Kier molecular flexibility index (Phi) is 1.78. The van der Waals surface area contributed by atoms with Crippen molar-refractivity contribution >= 4 is 0 Å². The predicted octanol–water partition coefficient (Wildman–Crippen LogP) is 0.651. The summed E-state index contributed by atoms with van der Waals surface area (Å²) in [6.07, 6.45) is 0. The van der Waals surface area contributed by atoms with E-state index in [1.165, 1.54) is 0 Å². The Morgan fingerprint density at radius 1 is 1.67 bits per heavy atom. The van der Waals surface area contributed by atoms with Gasteiger partial charge in [0.05, 0.1) is 13.2 Å². The van der Waals surface area contributed by atoms with Gasteiger partial charge in [0.15, 0.2) is 0 Å². The third-order valence-corrected chi connectivity index (χ3v) is 2.33. The molecule has 0 aromatic rings. The molecule has 0 spiro atoms. The fraction of sp³-hybridized carbons (Fsp3) is 1.00. The Labute approximate surface area is 55.8 Å². The van der Waals surface area contributed by atoms with Gasteiger partial charge in [0.2, 0.25) is 0 Å². The van der Waals surface area contributed by atoms with Gasteiger partial charge in [0, 0.05) is 12.0 Å². The lowest BCUT2D eigenvalue weighted by atomic mass is 9.77. The van der Waals surface area contributed by atoms with Gasteiger partial charge in [-0.25, -0.2) is 0 Å². The van der Waals surface area contributed by atoms with Crippen molar-refractivity contribution in [3.63, 3.8) is 0 Å². The fourth-order valence-electron chi connectivity index (χ4n) is 0.929. The van der Waals surface area contributed by atoms with Crippen molar-refractivity contribution < 1.29 is 9.84 Å². The number of aliphatic hydroxyl groups excluding tert-OH is 1. The van der Waals surface area contributed by atoms with Crippen LogP contribution in [0.4, 0.5) is 0 Å². The van der Waals surface area contributed by atoms with Crippen LogP contribution in [0.3, 0.4) is 0 Å². The molecular weight excluding hydrogens is 116 g/mol. The topological polar surface area (TPSA) is 29.5 Å². The molecule has 2 heteroatoms. The van der Waals surface area contributed by atoms with E-state index in [9.17, 15) is 0 Å². The SMILES string of the molecule is C[C@@H](CO)C1(C)COC1. The Morgan fingerprint density at radius 3 is 2.33 bits per heavy atom. The minimum Gasteiger partial charge on any atom is -0.396 e. The van der Waals surface area contributed by atoms with Crippen molar-refractivity contribution in [2.75, 3.05) is 19.8 Å². The first-order valence-corrected chi connectivity index (χ1v) is 3.37. The predicted molar refractivity (Wildman–Crippen MR) is 35.2 cm³/mol. The normalized spacial score (nSPS) is 27.0. The van der Waals surface area contributed by atoms with E-state index in [2.05, 4.69) is 13.8 Å². The van der Waals surface area contributed by atoms with Crippen molar-refractivity contribution in [1.82, 2.24) is 0 Å². The average Bonchev–Trinajstić information content (AvgIpc) is 1.81. The second-order valence-corrected chi connectivity index (χ2v) is 3.23. The van der Waals surface area contributed by atoms with Gasteiger partial charge in [0.25, 0.3) is 0 Å². The minimum atomic E-state index is 0.259. The molecule has 0 radical (unpaired) electrons. The van der Waals surface area contributed by atoms with Crippen molar-refractivity contribution in [2.45, 2.75) is 13.8 Å². The third kappa shape index (κ3) is 1.10. The van der Waals surface area contributed by atoms with Gasteiger partial charge >= 0.3 is 0 Å². The van der Waals surface area contributed by atoms with E-state index in [0.717, 1.165) is 13.2 Å². The van der Waals surface area contributed by atoms with Crippen LogP contribution in [0.2, 0.25) is 0 Å². The molecule has 1 aliphatic heterocycles. The lowest BCUT2D eigenvalue weighted by molar-refractivity contribution is -0.138. The molecule has 1 aliphatic rings.